The molecule has 1 fully saturated rings. The summed E-state index contributed by atoms with van der Waals surface area (Å²) in [6, 6.07) is 12.0. The number of β-amino-alcohol motifs (C(OH)–C–C–N with tert-alkyl or cyclic N) is 1. The first kappa shape index (κ1) is 21.5. The number of ether oxygens (including phenoxy) is 2. The molecule has 0 aromatic heterocycles. The van der Waals surface area contributed by atoms with E-state index in [1.54, 1.807) is 12.1 Å². The van der Waals surface area contributed by atoms with E-state index in [0.717, 1.165) is 10.5 Å². The summed E-state index contributed by atoms with van der Waals surface area (Å²) in [5.74, 6) is -0.0631. The van der Waals surface area contributed by atoms with Crippen molar-refractivity contribution in [2.45, 2.75) is 32.1 Å². The second-order valence-electron chi connectivity index (χ2n) is 7.15. The van der Waals surface area contributed by atoms with Crippen molar-refractivity contribution in [3.05, 3.63) is 59.7 Å². The van der Waals surface area contributed by atoms with E-state index in [-0.39, 0.29) is 18.9 Å². The number of benzene rings is 2. The van der Waals surface area contributed by atoms with Crippen molar-refractivity contribution in [1.29, 1.82) is 0 Å². The Morgan fingerprint density at radius 3 is 2.27 bits per heavy atom. The Morgan fingerprint density at radius 2 is 1.67 bits per heavy atom. The minimum Gasteiger partial charge on any atom is -0.491 e. The lowest BCUT2D eigenvalue weighted by Gasteiger charge is -2.23. The van der Waals surface area contributed by atoms with Crippen LogP contribution in [0.25, 0.3) is 0 Å². The van der Waals surface area contributed by atoms with E-state index < -0.39 is 30.2 Å². The van der Waals surface area contributed by atoms with Crippen molar-refractivity contribution in [2.24, 2.45) is 0 Å². The molecule has 160 valence electrons. The first-order chi connectivity index (χ1) is 14.2. The fourth-order valence-electron chi connectivity index (χ4n) is 3.12. The van der Waals surface area contributed by atoms with Gasteiger partial charge in [0, 0.05) is 0 Å². The zero-order chi connectivity index (χ0) is 21.9. The Balaban J connectivity index is 1.63. The zero-order valence-electron chi connectivity index (χ0n) is 16.5. The van der Waals surface area contributed by atoms with Crippen LogP contribution in [0.2, 0.25) is 0 Å². The zero-order valence-corrected chi connectivity index (χ0v) is 16.5. The van der Waals surface area contributed by atoms with E-state index in [0.29, 0.717) is 11.3 Å². The number of aryl methyl sites for hydroxylation is 1. The van der Waals surface area contributed by atoms with Crippen LogP contribution < -0.4 is 14.8 Å². The number of halogens is 2. The number of carbonyl (C=O) groups excluding carboxylic acids is 2. The highest BCUT2D eigenvalue weighted by atomic mass is 19.3. The first-order valence-electron chi connectivity index (χ1n) is 9.26. The molecular weight excluding hydrogens is 398 g/mol. The summed E-state index contributed by atoms with van der Waals surface area (Å²) < 4.78 is 34.4. The van der Waals surface area contributed by atoms with Crippen molar-refractivity contribution in [1.82, 2.24) is 10.2 Å². The van der Waals surface area contributed by atoms with Gasteiger partial charge in [-0.2, -0.15) is 8.78 Å². The molecular formula is C21H22F2N2O5. The number of urea groups is 1. The minimum atomic E-state index is -2.96. The van der Waals surface area contributed by atoms with Crippen LogP contribution in [0.1, 0.15) is 18.1 Å². The SMILES string of the molecule is Cc1ccc(OCC(O)CN2C(=O)NC(C)(c3ccc(OC(F)F)cc3)C2=O)cc1. The van der Waals surface area contributed by atoms with Gasteiger partial charge in [-0.1, -0.05) is 29.8 Å². The third-order valence-corrected chi connectivity index (χ3v) is 4.79. The summed E-state index contributed by atoms with van der Waals surface area (Å²) >= 11 is 0. The highest BCUT2D eigenvalue weighted by molar-refractivity contribution is 6.07. The quantitative estimate of drug-likeness (QED) is 0.642. The number of rotatable bonds is 8. The Labute approximate surface area is 172 Å². The highest BCUT2D eigenvalue weighted by Gasteiger charge is 2.49. The van der Waals surface area contributed by atoms with E-state index in [9.17, 15) is 23.5 Å². The summed E-state index contributed by atoms with van der Waals surface area (Å²) in [7, 11) is 0. The van der Waals surface area contributed by atoms with Crippen LogP contribution in [0.4, 0.5) is 13.6 Å². The monoisotopic (exact) mass is 420 g/mol. The number of carbonyl (C=O) groups is 2. The standard InChI is InChI=1S/C21H22F2N2O5/c1-13-3-7-16(8-4-13)29-12-15(26)11-25-18(27)21(2,24-20(25)28)14-5-9-17(10-6-14)30-19(22)23/h3-10,15,19,26H,11-12H2,1-2H3,(H,24,28). The number of nitrogens with zero attached hydrogens (tertiary/aromatic N) is 1. The van der Waals surface area contributed by atoms with Crippen molar-refractivity contribution in [3.63, 3.8) is 0 Å². The van der Waals surface area contributed by atoms with E-state index in [1.807, 2.05) is 19.1 Å². The van der Waals surface area contributed by atoms with Gasteiger partial charge in [-0.3, -0.25) is 9.69 Å². The molecule has 3 amide bonds. The summed E-state index contributed by atoms with van der Waals surface area (Å²) in [4.78, 5) is 26.1. The maximum atomic E-state index is 12.9. The predicted molar refractivity (Wildman–Crippen MR) is 103 cm³/mol. The second kappa shape index (κ2) is 8.66. The molecule has 30 heavy (non-hydrogen) atoms. The molecule has 2 atom stereocenters. The van der Waals surface area contributed by atoms with Crippen LogP contribution in [0.5, 0.6) is 11.5 Å². The van der Waals surface area contributed by atoms with Crippen LogP contribution in [-0.2, 0) is 10.3 Å². The van der Waals surface area contributed by atoms with Gasteiger partial charge < -0.3 is 19.9 Å². The van der Waals surface area contributed by atoms with E-state index in [1.165, 1.54) is 31.2 Å². The number of nitrogens with one attached hydrogen (secondary N) is 1. The molecule has 7 nitrogen and oxygen atoms in total. The van der Waals surface area contributed by atoms with Gasteiger partial charge in [0.05, 0.1) is 6.54 Å². The lowest BCUT2D eigenvalue weighted by Crippen LogP contribution is -2.42. The van der Waals surface area contributed by atoms with Crippen LogP contribution in [0.3, 0.4) is 0 Å². The number of amides is 3. The van der Waals surface area contributed by atoms with Gasteiger partial charge in [0.15, 0.2) is 0 Å². The van der Waals surface area contributed by atoms with Gasteiger partial charge in [-0.15, -0.1) is 0 Å². The van der Waals surface area contributed by atoms with Gasteiger partial charge in [-0.25, -0.2) is 4.79 Å². The number of imide groups is 1. The van der Waals surface area contributed by atoms with E-state index in [2.05, 4.69) is 10.1 Å². The smallest absolute Gasteiger partial charge is 0.387 e. The molecule has 9 heteroatoms. The van der Waals surface area contributed by atoms with Crippen LogP contribution in [-0.4, -0.2) is 47.8 Å². The highest BCUT2D eigenvalue weighted by Crippen LogP contribution is 2.30. The minimum absolute atomic E-state index is 0.0605. The molecule has 2 aromatic carbocycles. The van der Waals surface area contributed by atoms with Crippen molar-refractivity contribution in [3.8, 4) is 11.5 Å². The summed E-state index contributed by atoms with van der Waals surface area (Å²) in [5.41, 5.74) is 0.0727. The molecule has 0 saturated carbocycles. The maximum Gasteiger partial charge on any atom is 0.387 e. The van der Waals surface area contributed by atoms with Gasteiger partial charge in [-0.05, 0) is 43.7 Å². The largest absolute Gasteiger partial charge is 0.491 e. The summed E-state index contributed by atoms with van der Waals surface area (Å²) in [6.45, 7) is 0.131. The second-order valence-corrected chi connectivity index (χ2v) is 7.15. The molecule has 0 radical (unpaired) electrons. The average Bonchev–Trinajstić information content (AvgIpc) is 2.91. The number of hydrogen-bond donors (Lipinski definition) is 2. The van der Waals surface area contributed by atoms with Crippen LogP contribution in [0, 0.1) is 6.92 Å². The molecule has 1 aliphatic rings. The first-order valence-corrected chi connectivity index (χ1v) is 9.26. The van der Waals surface area contributed by atoms with Gasteiger partial charge in [0.25, 0.3) is 5.91 Å². The Hall–Kier alpha value is -3.20. The van der Waals surface area contributed by atoms with Gasteiger partial charge in [0.2, 0.25) is 0 Å². The molecule has 2 unspecified atom stereocenters. The molecule has 2 aromatic rings. The van der Waals surface area contributed by atoms with E-state index in [4.69, 9.17) is 4.74 Å². The Morgan fingerprint density at radius 1 is 1.07 bits per heavy atom. The third-order valence-electron chi connectivity index (χ3n) is 4.79. The average molecular weight is 420 g/mol. The van der Waals surface area contributed by atoms with Crippen LogP contribution >= 0.6 is 0 Å². The molecule has 2 N–H and O–H groups in total. The fraction of sp³-hybridized carbons (Fsp3) is 0.333. The van der Waals surface area contributed by atoms with Crippen molar-refractivity contribution >= 4 is 11.9 Å². The number of aliphatic hydroxyl groups excluding tert-OH is 1. The Kier molecular flexibility index (Phi) is 6.21. The molecule has 1 heterocycles. The molecule has 1 aliphatic heterocycles. The summed E-state index contributed by atoms with van der Waals surface area (Å²) in [6.07, 6.45) is -1.09. The molecule has 0 bridgehead atoms. The molecule has 0 aliphatic carbocycles. The normalized spacial score (nSPS) is 19.7. The van der Waals surface area contributed by atoms with Crippen molar-refractivity contribution < 1.29 is 33.0 Å². The van der Waals surface area contributed by atoms with E-state index >= 15 is 0 Å². The third kappa shape index (κ3) is 4.68. The van der Waals surface area contributed by atoms with Gasteiger partial charge >= 0.3 is 12.6 Å². The fourth-order valence-corrected chi connectivity index (χ4v) is 3.12. The van der Waals surface area contributed by atoms with Crippen LogP contribution in [0.15, 0.2) is 48.5 Å². The molecule has 3 rings (SSSR count). The topological polar surface area (TPSA) is 88.1 Å². The molecule has 1 saturated heterocycles. The Bertz CT molecular complexity index is 905. The van der Waals surface area contributed by atoms with Crippen molar-refractivity contribution in [2.75, 3.05) is 13.2 Å². The number of hydrogen-bond acceptors (Lipinski definition) is 5. The number of aliphatic hydroxyl groups is 1. The lowest BCUT2D eigenvalue weighted by molar-refractivity contribution is -0.132. The maximum absolute atomic E-state index is 12.9. The predicted octanol–water partition coefficient (Wildman–Crippen LogP) is 2.80. The molecule has 0 spiro atoms. The van der Waals surface area contributed by atoms with Gasteiger partial charge in [0.1, 0.15) is 29.7 Å². The summed E-state index contributed by atoms with van der Waals surface area (Å²) in [5, 5.41) is 12.8. The number of alkyl halides is 2. The lowest BCUT2D eigenvalue weighted by atomic mass is 9.92.